The molecule has 0 aliphatic heterocycles. The van der Waals surface area contributed by atoms with Gasteiger partial charge in [0.05, 0.1) is 0 Å². The molecule has 2 heteroatoms. The van der Waals surface area contributed by atoms with Gasteiger partial charge in [-0.2, -0.15) is 0 Å². The molecule has 1 unspecified atom stereocenters. The van der Waals surface area contributed by atoms with Gasteiger partial charge in [-0.05, 0) is 61.1 Å². The SMILES string of the molecule is Oc1ccc2c(c1)CCC2NCCCc1ccccc1. The van der Waals surface area contributed by atoms with Gasteiger partial charge in [0.15, 0.2) is 0 Å². The minimum atomic E-state index is 0.383. The van der Waals surface area contributed by atoms with Crippen LogP contribution in [-0.2, 0) is 12.8 Å². The van der Waals surface area contributed by atoms with Crippen LogP contribution < -0.4 is 5.32 Å². The van der Waals surface area contributed by atoms with Gasteiger partial charge in [0.1, 0.15) is 5.75 Å². The fraction of sp³-hybridized carbons (Fsp3) is 0.333. The minimum Gasteiger partial charge on any atom is -0.508 e. The third-order valence-corrected chi connectivity index (χ3v) is 4.08. The zero-order valence-corrected chi connectivity index (χ0v) is 11.7. The van der Waals surface area contributed by atoms with Gasteiger partial charge in [0, 0.05) is 6.04 Å². The molecular formula is C18H21NO. The molecule has 1 aliphatic rings. The number of phenolic OH excluding ortho intramolecular Hbond substituents is 1. The Kier molecular flexibility index (Phi) is 4.03. The molecule has 0 fully saturated rings. The van der Waals surface area contributed by atoms with Crippen molar-refractivity contribution in [3.8, 4) is 5.75 Å². The first-order valence-electron chi connectivity index (χ1n) is 7.42. The first kappa shape index (κ1) is 13.2. The highest BCUT2D eigenvalue weighted by molar-refractivity contribution is 5.40. The smallest absolute Gasteiger partial charge is 0.115 e. The molecule has 0 saturated heterocycles. The van der Waals surface area contributed by atoms with Crippen LogP contribution in [0.2, 0.25) is 0 Å². The van der Waals surface area contributed by atoms with Gasteiger partial charge < -0.3 is 10.4 Å². The van der Waals surface area contributed by atoms with Crippen molar-refractivity contribution >= 4 is 0 Å². The second-order valence-electron chi connectivity index (χ2n) is 5.52. The summed E-state index contributed by atoms with van der Waals surface area (Å²) < 4.78 is 0. The molecule has 20 heavy (non-hydrogen) atoms. The summed E-state index contributed by atoms with van der Waals surface area (Å²) in [6.07, 6.45) is 4.50. The van der Waals surface area contributed by atoms with Crippen LogP contribution in [0.3, 0.4) is 0 Å². The summed E-state index contributed by atoms with van der Waals surface area (Å²) in [5, 5.41) is 13.1. The van der Waals surface area contributed by atoms with E-state index in [1.54, 1.807) is 6.07 Å². The second kappa shape index (κ2) is 6.10. The van der Waals surface area contributed by atoms with Gasteiger partial charge in [-0.1, -0.05) is 36.4 Å². The van der Waals surface area contributed by atoms with Gasteiger partial charge in [0.2, 0.25) is 0 Å². The largest absolute Gasteiger partial charge is 0.508 e. The molecule has 0 saturated carbocycles. The van der Waals surface area contributed by atoms with Gasteiger partial charge in [-0.15, -0.1) is 0 Å². The molecule has 1 atom stereocenters. The molecule has 0 radical (unpaired) electrons. The Labute approximate surface area is 120 Å². The maximum absolute atomic E-state index is 9.50. The van der Waals surface area contributed by atoms with Crippen molar-refractivity contribution in [1.82, 2.24) is 5.32 Å². The molecule has 0 amide bonds. The van der Waals surface area contributed by atoms with Crippen molar-refractivity contribution < 1.29 is 5.11 Å². The zero-order chi connectivity index (χ0) is 13.8. The van der Waals surface area contributed by atoms with Crippen molar-refractivity contribution in [3.05, 3.63) is 65.2 Å². The average molecular weight is 267 g/mol. The number of phenols is 1. The quantitative estimate of drug-likeness (QED) is 0.811. The van der Waals surface area contributed by atoms with E-state index in [-0.39, 0.29) is 0 Å². The predicted octanol–water partition coefficient (Wildman–Crippen LogP) is 3.60. The Morgan fingerprint density at radius 1 is 1.10 bits per heavy atom. The minimum absolute atomic E-state index is 0.383. The van der Waals surface area contributed by atoms with Crippen LogP contribution in [0.4, 0.5) is 0 Å². The number of benzene rings is 2. The summed E-state index contributed by atoms with van der Waals surface area (Å²) in [4.78, 5) is 0. The molecule has 3 rings (SSSR count). The Morgan fingerprint density at radius 2 is 1.95 bits per heavy atom. The highest BCUT2D eigenvalue weighted by atomic mass is 16.3. The summed E-state index contributed by atoms with van der Waals surface area (Å²) in [6.45, 7) is 1.04. The number of rotatable bonds is 5. The number of nitrogens with one attached hydrogen (secondary N) is 1. The van der Waals surface area contributed by atoms with Crippen LogP contribution in [-0.4, -0.2) is 11.7 Å². The van der Waals surface area contributed by atoms with Crippen LogP contribution in [0.5, 0.6) is 5.75 Å². The third-order valence-electron chi connectivity index (χ3n) is 4.08. The van der Waals surface area contributed by atoms with Crippen LogP contribution in [0.25, 0.3) is 0 Å². The number of aromatic hydroxyl groups is 1. The van der Waals surface area contributed by atoms with E-state index in [4.69, 9.17) is 0 Å². The predicted molar refractivity (Wildman–Crippen MR) is 81.9 cm³/mol. The monoisotopic (exact) mass is 267 g/mol. The molecule has 0 spiro atoms. The molecule has 0 bridgehead atoms. The summed E-state index contributed by atoms with van der Waals surface area (Å²) in [5.74, 6) is 0.383. The molecule has 0 aromatic heterocycles. The van der Waals surface area contributed by atoms with Gasteiger partial charge in [-0.25, -0.2) is 0 Å². The van der Waals surface area contributed by atoms with Crippen molar-refractivity contribution in [1.29, 1.82) is 0 Å². The molecule has 1 aliphatic carbocycles. The molecule has 2 aromatic carbocycles. The van der Waals surface area contributed by atoms with Crippen molar-refractivity contribution in [2.75, 3.05) is 6.54 Å². The second-order valence-corrected chi connectivity index (χ2v) is 5.52. The van der Waals surface area contributed by atoms with Crippen LogP contribution in [0, 0.1) is 0 Å². The molecule has 2 aromatic rings. The van der Waals surface area contributed by atoms with Crippen LogP contribution in [0.15, 0.2) is 48.5 Å². The first-order valence-corrected chi connectivity index (χ1v) is 7.42. The van der Waals surface area contributed by atoms with Gasteiger partial charge in [0.25, 0.3) is 0 Å². The third kappa shape index (κ3) is 3.02. The number of fused-ring (bicyclic) bond motifs is 1. The van der Waals surface area contributed by atoms with E-state index in [1.165, 1.54) is 16.7 Å². The van der Waals surface area contributed by atoms with Crippen molar-refractivity contribution in [3.63, 3.8) is 0 Å². The Hall–Kier alpha value is -1.80. The van der Waals surface area contributed by atoms with E-state index < -0.39 is 0 Å². The Bertz CT molecular complexity index is 565. The fourth-order valence-corrected chi connectivity index (χ4v) is 3.03. The summed E-state index contributed by atoms with van der Waals surface area (Å²) >= 11 is 0. The lowest BCUT2D eigenvalue weighted by Gasteiger charge is -2.14. The molecular weight excluding hydrogens is 246 g/mol. The lowest BCUT2D eigenvalue weighted by Crippen LogP contribution is -2.20. The molecule has 2 nitrogen and oxygen atoms in total. The summed E-state index contributed by atoms with van der Waals surface area (Å²) in [7, 11) is 0. The lowest BCUT2D eigenvalue weighted by atomic mass is 10.1. The lowest BCUT2D eigenvalue weighted by molar-refractivity contribution is 0.474. The summed E-state index contributed by atoms with van der Waals surface area (Å²) in [5.41, 5.74) is 4.07. The van der Waals surface area contributed by atoms with Crippen molar-refractivity contribution in [2.24, 2.45) is 0 Å². The zero-order valence-electron chi connectivity index (χ0n) is 11.7. The highest BCUT2D eigenvalue weighted by Gasteiger charge is 2.21. The highest BCUT2D eigenvalue weighted by Crippen LogP contribution is 2.33. The number of hydrogen-bond donors (Lipinski definition) is 2. The molecule has 104 valence electrons. The Morgan fingerprint density at radius 3 is 2.80 bits per heavy atom. The van der Waals surface area contributed by atoms with Crippen LogP contribution >= 0.6 is 0 Å². The topological polar surface area (TPSA) is 32.3 Å². The Balaban J connectivity index is 1.49. The van der Waals surface area contributed by atoms with Gasteiger partial charge >= 0.3 is 0 Å². The van der Waals surface area contributed by atoms with Crippen LogP contribution in [0.1, 0.15) is 35.6 Å². The van der Waals surface area contributed by atoms with E-state index in [1.807, 2.05) is 6.07 Å². The summed E-state index contributed by atoms with van der Waals surface area (Å²) in [6, 6.07) is 16.9. The fourth-order valence-electron chi connectivity index (χ4n) is 3.03. The first-order chi connectivity index (χ1) is 9.83. The van der Waals surface area contributed by atoms with E-state index in [0.29, 0.717) is 11.8 Å². The molecule has 0 heterocycles. The van der Waals surface area contributed by atoms with Crippen molar-refractivity contribution in [2.45, 2.75) is 31.7 Å². The normalized spacial score (nSPS) is 17.1. The standard InChI is InChI=1S/C18H21NO/c20-16-9-10-17-15(13-16)8-11-18(17)19-12-4-7-14-5-2-1-3-6-14/h1-3,5-6,9-10,13,18-20H,4,7-8,11-12H2. The number of aryl methyl sites for hydroxylation is 2. The van der Waals surface area contributed by atoms with Gasteiger partial charge in [-0.3, -0.25) is 0 Å². The van der Waals surface area contributed by atoms with E-state index in [0.717, 1.165) is 32.2 Å². The van der Waals surface area contributed by atoms with E-state index in [2.05, 4.69) is 41.7 Å². The maximum Gasteiger partial charge on any atom is 0.115 e. The number of hydrogen-bond acceptors (Lipinski definition) is 2. The maximum atomic E-state index is 9.50. The van der Waals surface area contributed by atoms with E-state index in [9.17, 15) is 5.11 Å². The van der Waals surface area contributed by atoms with E-state index >= 15 is 0 Å². The molecule has 2 N–H and O–H groups in total. The average Bonchev–Trinajstić information content (AvgIpc) is 2.87.